The summed E-state index contributed by atoms with van der Waals surface area (Å²) in [6.45, 7) is 1.78. The van der Waals surface area contributed by atoms with Gasteiger partial charge in [0.25, 0.3) is 0 Å². The first-order chi connectivity index (χ1) is 9.36. The Labute approximate surface area is 179 Å². The Morgan fingerprint density at radius 2 is 1.91 bits per heavy atom. The Balaban J connectivity index is 0.00000220. The second kappa shape index (κ2) is 10.3. The third kappa shape index (κ3) is 5.55. The van der Waals surface area contributed by atoms with E-state index in [1.165, 1.54) is 0 Å². The number of aliphatic hydroxyl groups is 1. The van der Waals surface area contributed by atoms with Crippen molar-refractivity contribution in [3.63, 3.8) is 0 Å². The van der Waals surface area contributed by atoms with Gasteiger partial charge in [0.15, 0.2) is 0 Å². The van der Waals surface area contributed by atoms with Crippen molar-refractivity contribution in [1.29, 1.82) is 0 Å². The minimum atomic E-state index is -4.40. The first-order valence-electron chi connectivity index (χ1n) is 6.61. The maximum atomic E-state index is 11.5. The molecule has 0 spiro atoms. The summed E-state index contributed by atoms with van der Waals surface area (Å²) in [6, 6.07) is 0. The van der Waals surface area contributed by atoms with Crippen molar-refractivity contribution >= 4 is 22.2 Å². The van der Waals surface area contributed by atoms with Crippen LogP contribution in [0.4, 0.5) is 0 Å². The molecule has 0 aromatic carbocycles. The van der Waals surface area contributed by atoms with E-state index in [4.69, 9.17) is 0 Å². The van der Waals surface area contributed by atoms with Crippen LogP contribution < -0.4 is 64.4 Å². The van der Waals surface area contributed by atoms with Gasteiger partial charge in [-0.25, -0.2) is 8.42 Å². The monoisotopic (exact) mass is 372 g/mol. The molecule has 2 rings (SSSR count). The zero-order valence-electron chi connectivity index (χ0n) is 13.0. The van der Waals surface area contributed by atoms with Crippen LogP contribution in [0, 0.1) is 17.8 Å². The standard InChI is InChI=1S/C11H20O7S2.2Na/c1-6-8(12)5-9(19-18-17-13)7-3-2-4-10(11(6)7)20(14,15)16;;/h6-13H,2-5H2,1H3,(H,14,15,16);;/q;2*+1/p-2. The summed E-state index contributed by atoms with van der Waals surface area (Å²) in [6.07, 6.45) is 1.41. The van der Waals surface area contributed by atoms with Gasteiger partial charge in [0.05, 0.1) is 21.5 Å². The molecule has 2 aliphatic carbocycles. The number of fused-ring (bicyclic) bond motifs is 1. The molecule has 0 saturated heterocycles. The van der Waals surface area contributed by atoms with Crippen molar-refractivity contribution in [2.75, 3.05) is 0 Å². The molecule has 11 heteroatoms. The molecule has 0 radical (unpaired) electrons. The number of hydrogen-bond donors (Lipinski definition) is 1. The zero-order valence-corrected chi connectivity index (χ0v) is 18.6. The fourth-order valence-electron chi connectivity index (χ4n) is 3.78. The van der Waals surface area contributed by atoms with Crippen LogP contribution in [0.5, 0.6) is 0 Å². The van der Waals surface area contributed by atoms with Gasteiger partial charge in [0.2, 0.25) is 0 Å². The average Bonchev–Trinajstić information content (AvgIpc) is 2.39. The molecule has 7 nitrogen and oxygen atoms in total. The summed E-state index contributed by atoms with van der Waals surface area (Å²) in [5.41, 5.74) is 0. The van der Waals surface area contributed by atoms with Crippen molar-refractivity contribution in [2.45, 2.75) is 49.2 Å². The van der Waals surface area contributed by atoms with Crippen LogP contribution in [0.15, 0.2) is 0 Å². The van der Waals surface area contributed by atoms with Gasteiger partial charge in [-0.05, 0) is 37.0 Å². The number of rotatable bonds is 4. The van der Waals surface area contributed by atoms with Gasteiger partial charge in [0.1, 0.15) is 0 Å². The van der Waals surface area contributed by atoms with E-state index in [9.17, 15) is 23.3 Å². The third-order valence-corrected chi connectivity index (χ3v) is 6.89. The van der Waals surface area contributed by atoms with Crippen LogP contribution in [0.1, 0.15) is 32.6 Å². The minimum absolute atomic E-state index is 0. The minimum Gasteiger partial charge on any atom is -0.748 e. The Kier molecular flexibility index (Phi) is 11.3. The summed E-state index contributed by atoms with van der Waals surface area (Å²) in [5.74, 6) is -0.738. The molecular formula is C11H18Na2O7S2. The molecule has 6 unspecified atom stereocenters. The van der Waals surface area contributed by atoms with Crippen LogP contribution in [-0.4, -0.2) is 34.7 Å². The van der Waals surface area contributed by atoms with Gasteiger partial charge < -0.3 is 14.9 Å². The summed E-state index contributed by atoms with van der Waals surface area (Å²) in [5, 5.41) is 22.2. The van der Waals surface area contributed by atoms with Crippen molar-refractivity contribution < 1.29 is 91.8 Å². The van der Waals surface area contributed by atoms with Crippen LogP contribution in [0.25, 0.3) is 0 Å². The van der Waals surface area contributed by atoms with E-state index in [2.05, 4.69) is 9.37 Å². The van der Waals surface area contributed by atoms with Crippen molar-refractivity contribution in [1.82, 2.24) is 0 Å². The van der Waals surface area contributed by atoms with Gasteiger partial charge >= 0.3 is 59.1 Å². The van der Waals surface area contributed by atoms with Crippen molar-refractivity contribution in [3.05, 3.63) is 0 Å². The average molecular weight is 372 g/mol. The largest absolute Gasteiger partial charge is 1.00 e. The quantitative estimate of drug-likeness (QED) is 0.170. The predicted octanol–water partition coefficient (Wildman–Crippen LogP) is -6.03. The van der Waals surface area contributed by atoms with Gasteiger partial charge in [0, 0.05) is 17.3 Å². The van der Waals surface area contributed by atoms with E-state index in [1.807, 2.05) is 0 Å². The van der Waals surface area contributed by atoms with E-state index in [0.717, 1.165) is 18.5 Å². The Morgan fingerprint density at radius 3 is 2.45 bits per heavy atom. The molecule has 0 amide bonds. The molecule has 0 aromatic heterocycles. The molecule has 1 N–H and O–H groups in total. The van der Waals surface area contributed by atoms with Gasteiger partial charge in [-0.2, -0.15) is 4.33 Å². The maximum absolute atomic E-state index is 11.5. The molecule has 2 fully saturated rings. The Morgan fingerprint density at radius 1 is 1.27 bits per heavy atom. The molecule has 0 aromatic rings. The molecule has 22 heavy (non-hydrogen) atoms. The predicted molar refractivity (Wildman–Crippen MR) is 67.7 cm³/mol. The summed E-state index contributed by atoms with van der Waals surface area (Å²) < 4.78 is 38.7. The number of aliphatic hydroxyl groups excluding tert-OH is 1. The molecule has 6 atom stereocenters. The van der Waals surface area contributed by atoms with Crippen LogP contribution in [0.3, 0.4) is 0 Å². The Hall–Kier alpha value is 2.10. The van der Waals surface area contributed by atoms with Crippen LogP contribution in [-0.2, 0) is 19.5 Å². The normalized spacial score (nSPS) is 38.4. The molecule has 2 aliphatic rings. The molecule has 2 saturated carbocycles. The third-order valence-electron chi connectivity index (χ3n) is 4.68. The van der Waals surface area contributed by atoms with E-state index in [0.29, 0.717) is 19.3 Å². The van der Waals surface area contributed by atoms with Gasteiger partial charge in [-0.3, -0.25) is 5.04 Å². The zero-order chi connectivity index (χ0) is 14.9. The number of hydrogen-bond acceptors (Lipinski definition) is 8. The molecular weight excluding hydrogens is 354 g/mol. The summed E-state index contributed by atoms with van der Waals surface area (Å²) in [7, 11) is -4.40. The maximum Gasteiger partial charge on any atom is 1.00 e. The first kappa shape index (κ1) is 24.1. The van der Waals surface area contributed by atoms with E-state index in [1.54, 1.807) is 6.92 Å². The summed E-state index contributed by atoms with van der Waals surface area (Å²) >= 11 is 0.810. The molecule has 118 valence electrons. The second-order valence-electron chi connectivity index (χ2n) is 5.64. The SMILES string of the molecule is CC1C(O)CC(SOO[O-])C2CCCC(S(=O)(=O)[O-])C12.[Na+].[Na+]. The molecule has 0 heterocycles. The smallest absolute Gasteiger partial charge is 0.748 e. The van der Waals surface area contributed by atoms with Crippen molar-refractivity contribution in [3.8, 4) is 0 Å². The summed E-state index contributed by atoms with van der Waals surface area (Å²) in [4.78, 5) is 0. The molecule has 0 aliphatic heterocycles. The van der Waals surface area contributed by atoms with Crippen LogP contribution >= 0.6 is 12.0 Å². The van der Waals surface area contributed by atoms with Gasteiger partial charge in [-0.1, -0.05) is 13.3 Å². The van der Waals surface area contributed by atoms with E-state index >= 15 is 0 Å². The van der Waals surface area contributed by atoms with E-state index < -0.39 is 27.4 Å². The topological polar surface area (TPSA) is 119 Å². The van der Waals surface area contributed by atoms with E-state index in [-0.39, 0.29) is 76.2 Å². The second-order valence-corrected chi connectivity index (χ2v) is 8.16. The fourth-order valence-corrected chi connectivity index (χ4v) is 5.93. The van der Waals surface area contributed by atoms with Gasteiger partial charge in [-0.15, -0.1) is 0 Å². The fraction of sp³-hybridized carbons (Fsp3) is 1.00. The first-order valence-corrected chi connectivity index (χ1v) is 8.88. The van der Waals surface area contributed by atoms with Crippen molar-refractivity contribution in [2.24, 2.45) is 17.8 Å². The Bertz CT molecular complexity index is 436. The van der Waals surface area contributed by atoms with Crippen LogP contribution in [0.2, 0.25) is 0 Å². The molecule has 0 bridgehead atoms.